The van der Waals surface area contributed by atoms with E-state index in [2.05, 4.69) is 5.16 Å². The molecule has 0 radical (unpaired) electrons. The number of hydrogen-bond donors (Lipinski definition) is 2. The van der Waals surface area contributed by atoms with Crippen LogP contribution in [0.1, 0.15) is 12.5 Å². The number of benzene rings is 1. The average molecular weight is 318 g/mol. The van der Waals surface area contributed by atoms with Gasteiger partial charge in [0.15, 0.2) is 15.7 Å². The third-order valence-corrected chi connectivity index (χ3v) is 5.45. The smallest absolute Gasteiger partial charge is 0.173 e. The molecule has 1 fully saturated rings. The molecule has 1 aromatic carbocycles. The molecule has 20 heavy (non-hydrogen) atoms. The zero-order valence-electron chi connectivity index (χ0n) is 11.0. The highest BCUT2D eigenvalue weighted by molar-refractivity contribution is 7.91. The Labute approximate surface area is 122 Å². The van der Waals surface area contributed by atoms with Crippen LogP contribution in [-0.4, -0.2) is 43.6 Å². The fourth-order valence-corrected chi connectivity index (χ4v) is 4.24. The number of oxime groups is 1. The van der Waals surface area contributed by atoms with E-state index in [4.69, 9.17) is 22.5 Å². The second-order valence-electron chi connectivity index (χ2n) is 4.78. The van der Waals surface area contributed by atoms with Crippen LogP contribution in [0.4, 0.5) is 5.69 Å². The Balaban J connectivity index is 2.46. The molecular weight excluding hydrogens is 302 g/mol. The summed E-state index contributed by atoms with van der Waals surface area (Å²) < 4.78 is 23.3. The first kappa shape index (κ1) is 14.9. The summed E-state index contributed by atoms with van der Waals surface area (Å²) in [5.74, 6) is 0.0698. The molecule has 1 heterocycles. The van der Waals surface area contributed by atoms with E-state index in [0.717, 1.165) is 0 Å². The summed E-state index contributed by atoms with van der Waals surface area (Å²) in [5, 5.41) is 12.2. The quantitative estimate of drug-likeness (QED) is 0.368. The Morgan fingerprint density at radius 3 is 2.85 bits per heavy atom. The molecule has 0 saturated carbocycles. The maximum absolute atomic E-state index is 11.6. The summed E-state index contributed by atoms with van der Waals surface area (Å²) >= 11 is 6.11. The van der Waals surface area contributed by atoms with Crippen LogP contribution in [0.25, 0.3) is 0 Å². The number of amidine groups is 1. The van der Waals surface area contributed by atoms with Crippen LogP contribution in [0, 0.1) is 0 Å². The number of halogens is 1. The Morgan fingerprint density at radius 1 is 1.55 bits per heavy atom. The molecule has 0 aliphatic carbocycles. The summed E-state index contributed by atoms with van der Waals surface area (Å²) in [4.78, 5) is 1.92. The summed E-state index contributed by atoms with van der Waals surface area (Å²) in [7, 11) is -3.01. The van der Waals surface area contributed by atoms with E-state index in [9.17, 15) is 8.42 Å². The Morgan fingerprint density at radius 2 is 2.25 bits per heavy atom. The van der Waals surface area contributed by atoms with Crippen molar-refractivity contribution in [3.05, 3.63) is 28.8 Å². The van der Waals surface area contributed by atoms with Crippen molar-refractivity contribution in [1.29, 1.82) is 0 Å². The third-order valence-electron chi connectivity index (χ3n) is 3.34. The van der Waals surface area contributed by atoms with Gasteiger partial charge >= 0.3 is 0 Å². The average Bonchev–Trinajstić information content (AvgIpc) is 2.36. The zero-order chi connectivity index (χ0) is 14.9. The highest BCUT2D eigenvalue weighted by atomic mass is 35.5. The van der Waals surface area contributed by atoms with Gasteiger partial charge in [-0.05, 0) is 19.1 Å². The summed E-state index contributed by atoms with van der Waals surface area (Å²) in [6, 6.07) is 4.98. The van der Waals surface area contributed by atoms with E-state index in [1.54, 1.807) is 18.2 Å². The van der Waals surface area contributed by atoms with Gasteiger partial charge < -0.3 is 15.8 Å². The topological polar surface area (TPSA) is 96.0 Å². The minimum atomic E-state index is -3.01. The van der Waals surface area contributed by atoms with E-state index in [1.165, 1.54) is 0 Å². The van der Waals surface area contributed by atoms with Gasteiger partial charge in [0, 0.05) is 18.3 Å². The summed E-state index contributed by atoms with van der Waals surface area (Å²) in [6.45, 7) is 2.18. The van der Waals surface area contributed by atoms with Gasteiger partial charge in [0.05, 0.1) is 22.1 Å². The Hall–Kier alpha value is -1.47. The largest absolute Gasteiger partial charge is 0.409 e. The lowest BCUT2D eigenvalue weighted by atomic mass is 10.1. The normalized spacial score (nSPS) is 22.8. The monoisotopic (exact) mass is 317 g/mol. The van der Waals surface area contributed by atoms with E-state index < -0.39 is 9.84 Å². The predicted molar refractivity (Wildman–Crippen MR) is 79.4 cm³/mol. The number of sulfone groups is 1. The standard InChI is InChI=1S/C12H16ClN3O3S/c1-8-7-20(18,19)6-5-16(8)10-4-2-3-9(13)11(10)12(14)15-17/h2-4,8,17H,5-7H2,1H3,(H2,14,15). The molecule has 0 spiro atoms. The lowest BCUT2D eigenvalue weighted by molar-refractivity contribution is 0.318. The van der Waals surface area contributed by atoms with Crippen LogP contribution >= 0.6 is 11.6 Å². The lowest BCUT2D eigenvalue weighted by Gasteiger charge is -2.36. The fraction of sp³-hybridized carbons (Fsp3) is 0.417. The van der Waals surface area contributed by atoms with Crippen molar-refractivity contribution < 1.29 is 13.6 Å². The van der Waals surface area contributed by atoms with Gasteiger partial charge in [-0.15, -0.1) is 0 Å². The van der Waals surface area contributed by atoms with Crippen LogP contribution in [0.3, 0.4) is 0 Å². The van der Waals surface area contributed by atoms with Crippen molar-refractivity contribution >= 4 is 33.0 Å². The molecule has 0 amide bonds. The third kappa shape index (κ3) is 2.83. The number of rotatable bonds is 2. The number of nitrogens with zero attached hydrogens (tertiary/aromatic N) is 2. The predicted octanol–water partition coefficient (Wildman–Crippen LogP) is 1.06. The van der Waals surface area contributed by atoms with Crippen molar-refractivity contribution in [3.8, 4) is 0 Å². The number of anilines is 1. The molecule has 8 heteroatoms. The van der Waals surface area contributed by atoms with E-state index in [1.807, 2.05) is 11.8 Å². The molecule has 1 unspecified atom stereocenters. The van der Waals surface area contributed by atoms with Crippen molar-refractivity contribution in [3.63, 3.8) is 0 Å². The van der Waals surface area contributed by atoms with Crippen LogP contribution in [-0.2, 0) is 9.84 Å². The number of hydrogen-bond acceptors (Lipinski definition) is 5. The van der Waals surface area contributed by atoms with Crippen LogP contribution < -0.4 is 10.6 Å². The van der Waals surface area contributed by atoms with Crippen LogP contribution in [0.2, 0.25) is 5.02 Å². The number of nitrogens with two attached hydrogens (primary N) is 1. The van der Waals surface area contributed by atoms with E-state index in [-0.39, 0.29) is 23.4 Å². The van der Waals surface area contributed by atoms with Gasteiger partial charge in [-0.2, -0.15) is 0 Å². The second kappa shape index (κ2) is 5.49. The SMILES string of the molecule is CC1CS(=O)(=O)CCN1c1cccc(Cl)c1/C(N)=N/O. The molecule has 0 bridgehead atoms. The first-order valence-corrected chi connectivity index (χ1v) is 8.29. The fourth-order valence-electron chi connectivity index (χ4n) is 2.41. The molecular formula is C12H16ClN3O3S. The van der Waals surface area contributed by atoms with Crippen molar-refractivity contribution in [2.45, 2.75) is 13.0 Å². The molecule has 1 aliphatic heterocycles. The minimum Gasteiger partial charge on any atom is -0.409 e. The van der Waals surface area contributed by atoms with Gasteiger partial charge in [0.25, 0.3) is 0 Å². The van der Waals surface area contributed by atoms with Crippen molar-refractivity contribution in [2.24, 2.45) is 10.9 Å². The Kier molecular flexibility index (Phi) is 4.10. The first-order valence-electron chi connectivity index (χ1n) is 6.09. The summed E-state index contributed by atoms with van der Waals surface area (Å²) in [5.41, 5.74) is 6.77. The Bertz CT molecular complexity index is 645. The van der Waals surface area contributed by atoms with Crippen molar-refractivity contribution in [1.82, 2.24) is 0 Å². The lowest BCUT2D eigenvalue weighted by Crippen LogP contribution is -2.47. The van der Waals surface area contributed by atoms with E-state index >= 15 is 0 Å². The minimum absolute atomic E-state index is 0.0785. The van der Waals surface area contributed by atoms with Crippen LogP contribution in [0.5, 0.6) is 0 Å². The van der Waals surface area contributed by atoms with Gasteiger partial charge in [0.1, 0.15) is 0 Å². The van der Waals surface area contributed by atoms with E-state index in [0.29, 0.717) is 22.8 Å². The van der Waals surface area contributed by atoms with Crippen molar-refractivity contribution in [2.75, 3.05) is 23.0 Å². The van der Waals surface area contributed by atoms with Gasteiger partial charge in [-0.25, -0.2) is 8.42 Å². The summed E-state index contributed by atoms with van der Waals surface area (Å²) in [6.07, 6.45) is 0. The molecule has 1 atom stereocenters. The van der Waals surface area contributed by atoms with Crippen LogP contribution in [0.15, 0.2) is 23.4 Å². The molecule has 3 N–H and O–H groups in total. The van der Waals surface area contributed by atoms with Gasteiger partial charge in [-0.1, -0.05) is 22.8 Å². The highest BCUT2D eigenvalue weighted by Gasteiger charge is 2.30. The molecule has 1 aromatic rings. The zero-order valence-corrected chi connectivity index (χ0v) is 12.5. The molecule has 0 aromatic heterocycles. The molecule has 1 saturated heterocycles. The van der Waals surface area contributed by atoms with Gasteiger partial charge in [-0.3, -0.25) is 0 Å². The molecule has 1 aliphatic rings. The second-order valence-corrected chi connectivity index (χ2v) is 7.41. The molecule has 110 valence electrons. The molecule has 6 nitrogen and oxygen atoms in total. The first-order chi connectivity index (χ1) is 9.35. The maximum atomic E-state index is 11.6. The van der Waals surface area contributed by atoms with Gasteiger partial charge in [0.2, 0.25) is 0 Å². The highest BCUT2D eigenvalue weighted by Crippen LogP contribution is 2.30. The maximum Gasteiger partial charge on any atom is 0.173 e. The molecule has 2 rings (SSSR count).